The number of carbonyl (C=O) groups excluding carboxylic acids is 3. The van der Waals surface area contributed by atoms with Crippen molar-refractivity contribution >= 4 is 17.9 Å². The van der Waals surface area contributed by atoms with Crippen LogP contribution in [0.5, 0.6) is 0 Å². The van der Waals surface area contributed by atoms with E-state index in [1.54, 1.807) is 20.8 Å². The Hall–Kier alpha value is -3.75. The molecule has 0 aliphatic heterocycles. The van der Waals surface area contributed by atoms with Gasteiger partial charge in [0.2, 0.25) is 0 Å². The molecule has 9 heteroatoms. The summed E-state index contributed by atoms with van der Waals surface area (Å²) < 4.78 is 17.8. The summed E-state index contributed by atoms with van der Waals surface area (Å²) in [6.07, 6.45) is 0. The Morgan fingerprint density at radius 3 is 1.58 bits per heavy atom. The van der Waals surface area contributed by atoms with E-state index in [0.29, 0.717) is 67.7 Å². The molecule has 0 spiro atoms. The average molecular weight is 498 g/mol. The highest BCUT2D eigenvalue weighted by Crippen LogP contribution is 2.38. The zero-order chi connectivity index (χ0) is 26.9. The van der Waals surface area contributed by atoms with E-state index in [0.717, 1.165) is 0 Å². The van der Waals surface area contributed by atoms with E-state index in [9.17, 15) is 14.4 Å². The van der Waals surface area contributed by atoms with Crippen molar-refractivity contribution in [3.8, 4) is 17.2 Å². The van der Waals surface area contributed by atoms with Gasteiger partial charge >= 0.3 is 17.9 Å². The summed E-state index contributed by atoms with van der Waals surface area (Å²) in [5, 5.41) is 0. The van der Waals surface area contributed by atoms with E-state index in [1.807, 2.05) is 46.1 Å². The number of carbonyl (C=O) groups is 3. The number of rotatable bonds is 8. The normalized spacial score (nSPS) is 11.0. The number of nitrogens with zero attached hydrogens (tertiary/aromatic N) is 1. The summed E-state index contributed by atoms with van der Waals surface area (Å²) in [6, 6.07) is 0. The number of H-pyrrole nitrogens is 2. The number of ether oxygens (including phenoxy) is 3. The highest BCUT2D eigenvalue weighted by Gasteiger charge is 2.31. The van der Waals surface area contributed by atoms with Crippen molar-refractivity contribution in [3.05, 3.63) is 50.5 Å². The van der Waals surface area contributed by atoms with Gasteiger partial charge in [0.05, 0.1) is 47.9 Å². The predicted molar refractivity (Wildman–Crippen MR) is 136 cm³/mol. The predicted octanol–water partition coefficient (Wildman–Crippen LogP) is 5.18. The van der Waals surface area contributed by atoms with Crippen LogP contribution < -0.4 is 0 Å². The van der Waals surface area contributed by atoms with Gasteiger partial charge in [-0.05, 0) is 73.4 Å². The van der Waals surface area contributed by atoms with Crippen molar-refractivity contribution in [2.45, 2.75) is 62.3 Å². The van der Waals surface area contributed by atoms with Gasteiger partial charge in [-0.1, -0.05) is 0 Å². The second-order valence-electron chi connectivity index (χ2n) is 8.65. The van der Waals surface area contributed by atoms with Crippen molar-refractivity contribution in [1.29, 1.82) is 0 Å². The molecule has 0 amide bonds. The van der Waals surface area contributed by atoms with Gasteiger partial charge in [-0.15, -0.1) is 0 Å². The number of hydrogen-bond acceptors (Lipinski definition) is 6. The quantitative estimate of drug-likeness (QED) is 0.327. The molecule has 0 saturated heterocycles. The zero-order valence-corrected chi connectivity index (χ0v) is 22.5. The Kier molecular flexibility index (Phi) is 7.81. The highest BCUT2D eigenvalue weighted by atomic mass is 16.5. The van der Waals surface area contributed by atoms with Crippen LogP contribution in [0.1, 0.15) is 85.6 Å². The molecule has 3 rings (SSSR count). The van der Waals surface area contributed by atoms with Gasteiger partial charge in [0.15, 0.2) is 0 Å². The summed E-state index contributed by atoms with van der Waals surface area (Å²) in [4.78, 5) is 45.1. The van der Waals surface area contributed by atoms with E-state index < -0.39 is 17.9 Å². The number of hydrogen-bond donors (Lipinski definition) is 2. The van der Waals surface area contributed by atoms with Gasteiger partial charge in [0, 0.05) is 22.6 Å². The molecule has 0 aliphatic carbocycles. The first-order chi connectivity index (χ1) is 17.0. The standard InChI is InChI=1S/C27H35N3O6/c1-10-34-25(31)19-13(4)22(28-16(19)7)23-14(5)21(27(33)36-12-3)18(9)30(23)24-15(6)20(17(8)29-24)26(32)35-11-2/h28-29H,10-12H2,1-9H3. The van der Waals surface area contributed by atoms with Gasteiger partial charge in [-0.25, -0.2) is 14.4 Å². The third-order valence-electron chi connectivity index (χ3n) is 6.40. The van der Waals surface area contributed by atoms with Crippen molar-refractivity contribution in [2.75, 3.05) is 19.8 Å². The Balaban J connectivity index is 2.39. The van der Waals surface area contributed by atoms with E-state index >= 15 is 0 Å². The van der Waals surface area contributed by atoms with Gasteiger partial charge in [0.25, 0.3) is 0 Å². The maximum absolute atomic E-state index is 13.0. The minimum Gasteiger partial charge on any atom is -0.462 e. The fourth-order valence-electron chi connectivity index (χ4n) is 4.88. The molecule has 0 aliphatic rings. The van der Waals surface area contributed by atoms with Gasteiger partial charge < -0.3 is 24.2 Å². The third-order valence-corrected chi connectivity index (χ3v) is 6.40. The lowest BCUT2D eigenvalue weighted by molar-refractivity contribution is 0.0514. The van der Waals surface area contributed by atoms with Crippen LogP contribution in [0.25, 0.3) is 17.2 Å². The van der Waals surface area contributed by atoms with E-state index in [2.05, 4.69) is 9.97 Å². The maximum atomic E-state index is 13.0. The molecule has 0 fully saturated rings. The van der Waals surface area contributed by atoms with Gasteiger partial charge in [-0.2, -0.15) is 0 Å². The van der Waals surface area contributed by atoms with Crippen molar-refractivity contribution in [2.24, 2.45) is 0 Å². The molecule has 2 N–H and O–H groups in total. The van der Waals surface area contributed by atoms with Crippen LogP contribution >= 0.6 is 0 Å². The molecular weight excluding hydrogens is 462 g/mol. The first-order valence-corrected chi connectivity index (χ1v) is 12.1. The van der Waals surface area contributed by atoms with Crippen LogP contribution in [-0.4, -0.2) is 52.3 Å². The molecule has 0 unspecified atom stereocenters. The van der Waals surface area contributed by atoms with Crippen molar-refractivity contribution in [1.82, 2.24) is 14.5 Å². The summed E-state index contributed by atoms with van der Waals surface area (Å²) >= 11 is 0. The van der Waals surface area contributed by atoms with E-state index in [4.69, 9.17) is 14.2 Å². The fraction of sp³-hybridized carbons (Fsp3) is 0.444. The number of aromatic nitrogens is 3. The van der Waals surface area contributed by atoms with Crippen molar-refractivity contribution in [3.63, 3.8) is 0 Å². The highest BCUT2D eigenvalue weighted by molar-refractivity contribution is 5.99. The molecule has 0 saturated carbocycles. The SMILES string of the molecule is CCOC(=O)c1c(C)[nH]c(-c2c(C)c(C(=O)OCC)c(C)n2-c2[nH]c(C)c(C(=O)OCC)c2C)c1C. The van der Waals surface area contributed by atoms with Gasteiger partial charge in [-0.3, -0.25) is 4.57 Å². The van der Waals surface area contributed by atoms with Crippen LogP contribution in [-0.2, 0) is 14.2 Å². The minimum atomic E-state index is -0.439. The van der Waals surface area contributed by atoms with Crippen LogP contribution in [0, 0.1) is 41.5 Å². The summed E-state index contributed by atoms with van der Waals surface area (Å²) in [7, 11) is 0. The number of esters is 3. The molecule has 9 nitrogen and oxygen atoms in total. The molecule has 0 aromatic carbocycles. The summed E-state index contributed by atoms with van der Waals surface area (Å²) in [5.74, 6) is -0.638. The lowest BCUT2D eigenvalue weighted by Gasteiger charge is -2.13. The summed E-state index contributed by atoms with van der Waals surface area (Å²) in [5.41, 5.74) is 6.75. The van der Waals surface area contributed by atoms with Gasteiger partial charge in [0.1, 0.15) is 5.82 Å². The molecule has 3 aromatic heterocycles. The molecule has 194 valence electrons. The maximum Gasteiger partial charge on any atom is 0.340 e. The minimum absolute atomic E-state index is 0.236. The Morgan fingerprint density at radius 1 is 0.639 bits per heavy atom. The molecule has 36 heavy (non-hydrogen) atoms. The Morgan fingerprint density at radius 2 is 1.08 bits per heavy atom. The van der Waals surface area contributed by atoms with Crippen LogP contribution in [0.2, 0.25) is 0 Å². The lowest BCUT2D eigenvalue weighted by atomic mass is 10.0. The third kappa shape index (κ3) is 4.34. The number of aryl methyl sites for hydroxylation is 2. The first-order valence-electron chi connectivity index (χ1n) is 12.1. The molecule has 0 radical (unpaired) electrons. The molecule has 3 aromatic rings. The van der Waals surface area contributed by atoms with Crippen LogP contribution in [0.4, 0.5) is 0 Å². The topological polar surface area (TPSA) is 115 Å². The zero-order valence-electron chi connectivity index (χ0n) is 22.5. The monoisotopic (exact) mass is 497 g/mol. The average Bonchev–Trinajstić information content (AvgIpc) is 3.35. The largest absolute Gasteiger partial charge is 0.462 e. The smallest absolute Gasteiger partial charge is 0.340 e. The fourth-order valence-corrected chi connectivity index (χ4v) is 4.88. The number of aromatic amines is 2. The van der Waals surface area contributed by atoms with Crippen LogP contribution in [0.3, 0.4) is 0 Å². The summed E-state index contributed by atoms with van der Waals surface area (Å²) in [6.45, 7) is 17.0. The van der Waals surface area contributed by atoms with E-state index in [1.165, 1.54) is 0 Å². The molecule has 3 heterocycles. The first kappa shape index (κ1) is 26.8. The molecular formula is C27H35N3O6. The molecule has 0 bridgehead atoms. The Bertz CT molecular complexity index is 1250. The number of nitrogens with one attached hydrogen (secondary N) is 2. The second kappa shape index (κ2) is 10.5. The molecule has 0 atom stereocenters. The van der Waals surface area contributed by atoms with Crippen molar-refractivity contribution < 1.29 is 28.6 Å². The Labute approximate surface area is 211 Å². The second-order valence-corrected chi connectivity index (χ2v) is 8.65. The van der Waals surface area contributed by atoms with Crippen LogP contribution in [0.15, 0.2) is 0 Å². The van der Waals surface area contributed by atoms with E-state index in [-0.39, 0.29) is 19.8 Å². The lowest BCUT2D eigenvalue weighted by Crippen LogP contribution is -2.09.